The molecule has 1 aromatic carbocycles. The number of anilines is 1. The van der Waals surface area contributed by atoms with Crippen molar-refractivity contribution in [2.75, 3.05) is 17.6 Å². The van der Waals surface area contributed by atoms with Crippen LogP contribution in [0.3, 0.4) is 0 Å². The van der Waals surface area contributed by atoms with Gasteiger partial charge in [0.05, 0.1) is 5.75 Å². The van der Waals surface area contributed by atoms with E-state index < -0.39 is 10.0 Å². The van der Waals surface area contributed by atoms with E-state index in [1.54, 1.807) is 18.3 Å². The monoisotopic (exact) mass is 379 g/mol. The summed E-state index contributed by atoms with van der Waals surface area (Å²) in [5, 5.41) is 6.55. The molecule has 0 amide bonds. The predicted molar refractivity (Wildman–Crippen MR) is 104 cm³/mol. The van der Waals surface area contributed by atoms with E-state index in [-0.39, 0.29) is 11.8 Å². The van der Waals surface area contributed by atoms with Crippen LogP contribution < -0.4 is 10.0 Å². The standard InChI is InChI=1S/C18H25N3O2S2/c1-2-25(22,23)21-16-8-6-14(7-9-16)13-20-17-5-3-4-15(12-17)18-19-10-11-24-18/h3-5,10-12,14,16,20-21H,2,6-9,13H2,1H3/t14-,16-. The third-order valence-electron chi connectivity index (χ3n) is 4.71. The van der Waals surface area contributed by atoms with Gasteiger partial charge in [-0.15, -0.1) is 11.3 Å². The Kier molecular flexibility index (Phi) is 6.09. The van der Waals surface area contributed by atoms with Gasteiger partial charge in [0.2, 0.25) is 10.0 Å². The number of aromatic nitrogens is 1. The number of sulfonamides is 1. The van der Waals surface area contributed by atoms with Crippen molar-refractivity contribution in [2.24, 2.45) is 5.92 Å². The quantitative estimate of drug-likeness (QED) is 0.769. The fourth-order valence-corrected chi connectivity index (χ4v) is 4.76. The van der Waals surface area contributed by atoms with Crippen LogP contribution in [0.1, 0.15) is 32.6 Å². The van der Waals surface area contributed by atoms with Gasteiger partial charge in [0.1, 0.15) is 5.01 Å². The molecule has 0 atom stereocenters. The van der Waals surface area contributed by atoms with E-state index in [0.29, 0.717) is 5.92 Å². The maximum absolute atomic E-state index is 11.7. The lowest BCUT2D eigenvalue weighted by molar-refractivity contribution is 0.324. The van der Waals surface area contributed by atoms with E-state index >= 15 is 0 Å². The van der Waals surface area contributed by atoms with Crippen molar-refractivity contribution in [3.8, 4) is 10.6 Å². The van der Waals surface area contributed by atoms with E-state index in [9.17, 15) is 8.42 Å². The third kappa shape index (κ3) is 5.26. The van der Waals surface area contributed by atoms with Crippen molar-refractivity contribution >= 4 is 27.0 Å². The van der Waals surface area contributed by atoms with Gasteiger partial charge in [0.15, 0.2) is 0 Å². The first-order valence-electron chi connectivity index (χ1n) is 8.79. The first-order chi connectivity index (χ1) is 12.1. The van der Waals surface area contributed by atoms with Crippen LogP contribution in [0.4, 0.5) is 5.69 Å². The average Bonchev–Trinajstić information content (AvgIpc) is 3.16. The minimum atomic E-state index is -3.09. The highest BCUT2D eigenvalue weighted by Crippen LogP contribution is 2.27. The Morgan fingerprint density at radius 2 is 2.04 bits per heavy atom. The molecule has 0 spiro atoms. The summed E-state index contributed by atoms with van der Waals surface area (Å²) >= 11 is 1.64. The number of hydrogen-bond donors (Lipinski definition) is 2. The predicted octanol–water partition coefficient (Wildman–Crippen LogP) is 3.72. The van der Waals surface area contributed by atoms with Crippen molar-refractivity contribution in [3.63, 3.8) is 0 Å². The van der Waals surface area contributed by atoms with Crippen LogP contribution in [0.5, 0.6) is 0 Å². The van der Waals surface area contributed by atoms with E-state index in [0.717, 1.165) is 48.5 Å². The van der Waals surface area contributed by atoms with Gasteiger partial charge < -0.3 is 5.32 Å². The molecule has 2 aromatic rings. The second-order valence-electron chi connectivity index (χ2n) is 6.54. The number of hydrogen-bond acceptors (Lipinski definition) is 5. The number of nitrogens with one attached hydrogen (secondary N) is 2. The van der Waals surface area contributed by atoms with Gasteiger partial charge in [0, 0.05) is 35.4 Å². The fraction of sp³-hybridized carbons (Fsp3) is 0.500. The SMILES string of the molecule is CCS(=O)(=O)N[C@H]1CC[C@H](CNc2cccc(-c3nccs3)c2)CC1. The molecule has 3 rings (SSSR count). The molecule has 5 nitrogen and oxygen atoms in total. The van der Waals surface area contributed by atoms with Gasteiger partial charge in [-0.1, -0.05) is 12.1 Å². The van der Waals surface area contributed by atoms with Crippen LogP contribution in [0.25, 0.3) is 10.6 Å². The summed E-state index contributed by atoms with van der Waals surface area (Å²) in [6, 6.07) is 8.46. The Bertz CT molecular complexity index is 767. The Labute approximate surface area is 153 Å². The third-order valence-corrected chi connectivity index (χ3v) is 6.98. The number of rotatable bonds is 7. The summed E-state index contributed by atoms with van der Waals surface area (Å²) < 4.78 is 26.1. The van der Waals surface area contributed by atoms with Crippen molar-refractivity contribution in [1.29, 1.82) is 0 Å². The maximum Gasteiger partial charge on any atom is 0.211 e. The number of benzene rings is 1. The van der Waals surface area contributed by atoms with Gasteiger partial charge in [0.25, 0.3) is 0 Å². The van der Waals surface area contributed by atoms with E-state index in [4.69, 9.17) is 0 Å². The van der Waals surface area contributed by atoms with Gasteiger partial charge in [-0.3, -0.25) is 0 Å². The molecular formula is C18H25N3O2S2. The molecule has 0 bridgehead atoms. The zero-order valence-electron chi connectivity index (χ0n) is 14.4. The van der Waals surface area contributed by atoms with Gasteiger partial charge in [-0.2, -0.15) is 0 Å². The summed E-state index contributed by atoms with van der Waals surface area (Å²) in [7, 11) is -3.09. The second-order valence-corrected chi connectivity index (χ2v) is 9.48. The highest BCUT2D eigenvalue weighted by Gasteiger charge is 2.23. The van der Waals surface area contributed by atoms with Crippen molar-refractivity contribution in [3.05, 3.63) is 35.8 Å². The molecule has 0 radical (unpaired) electrons. The Morgan fingerprint density at radius 1 is 1.24 bits per heavy atom. The van der Waals surface area contributed by atoms with Crippen LogP contribution in [-0.2, 0) is 10.0 Å². The van der Waals surface area contributed by atoms with Crippen molar-refractivity contribution in [2.45, 2.75) is 38.6 Å². The molecule has 1 fully saturated rings. The Balaban J connectivity index is 1.48. The zero-order chi connectivity index (χ0) is 17.7. The molecule has 136 valence electrons. The smallest absolute Gasteiger partial charge is 0.211 e. The van der Waals surface area contributed by atoms with Crippen LogP contribution in [0.15, 0.2) is 35.8 Å². The highest BCUT2D eigenvalue weighted by atomic mass is 32.2. The second kappa shape index (κ2) is 8.29. The van der Waals surface area contributed by atoms with Crippen LogP contribution >= 0.6 is 11.3 Å². The minimum absolute atomic E-state index is 0.106. The maximum atomic E-state index is 11.7. The molecule has 1 aliphatic rings. The lowest BCUT2D eigenvalue weighted by Gasteiger charge is -2.29. The van der Waals surface area contributed by atoms with E-state index in [1.807, 2.05) is 11.6 Å². The molecule has 0 aliphatic heterocycles. The zero-order valence-corrected chi connectivity index (χ0v) is 16.1. The Morgan fingerprint density at radius 3 is 2.72 bits per heavy atom. The molecule has 1 saturated carbocycles. The number of nitrogens with zero attached hydrogens (tertiary/aromatic N) is 1. The highest BCUT2D eigenvalue weighted by molar-refractivity contribution is 7.89. The summed E-state index contributed by atoms with van der Waals surface area (Å²) in [6.45, 7) is 2.60. The van der Waals surface area contributed by atoms with Crippen molar-refractivity contribution < 1.29 is 8.42 Å². The molecule has 2 N–H and O–H groups in total. The normalized spacial score (nSPS) is 21.2. The minimum Gasteiger partial charge on any atom is -0.385 e. The molecule has 25 heavy (non-hydrogen) atoms. The van der Waals surface area contributed by atoms with Crippen LogP contribution in [0, 0.1) is 5.92 Å². The molecule has 1 aromatic heterocycles. The van der Waals surface area contributed by atoms with Gasteiger partial charge in [-0.05, 0) is 50.7 Å². The molecule has 0 saturated heterocycles. The fourth-order valence-electron chi connectivity index (χ4n) is 3.21. The number of thiazole rings is 1. The molecule has 0 unspecified atom stereocenters. The first kappa shape index (κ1) is 18.4. The lowest BCUT2D eigenvalue weighted by atomic mass is 9.86. The molecule has 7 heteroatoms. The van der Waals surface area contributed by atoms with Crippen molar-refractivity contribution in [1.82, 2.24) is 9.71 Å². The topological polar surface area (TPSA) is 71.1 Å². The average molecular weight is 380 g/mol. The van der Waals surface area contributed by atoms with Crippen LogP contribution in [0.2, 0.25) is 0 Å². The molecular weight excluding hydrogens is 354 g/mol. The summed E-state index contributed by atoms with van der Waals surface area (Å²) in [6.07, 6.45) is 5.77. The summed E-state index contributed by atoms with van der Waals surface area (Å²) in [5.41, 5.74) is 2.25. The van der Waals surface area contributed by atoms with Crippen LogP contribution in [-0.4, -0.2) is 31.7 Å². The largest absolute Gasteiger partial charge is 0.385 e. The molecule has 1 aliphatic carbocycles. The Hall–Kier alpha value is -1.44. The van der Waals surface area contributed by atoms with Gasteiger partial charge >= 0.3 is 0 Å². The lowest BCUT2D eigenvalue weighted by Crippen LogP contribution is -2.39. The first-order valence-corrected chi connectivity index (χ1v) is 11.3. The summed E-state index contributed by atoms with van der Waals surface area (Å²) in [4.78, 5) is 4.36. The summed E-state index contributed by atoms with van der Waals surface area (Å²) in [5.74, 6) is 0.745. The van der Waals surface area contributed by atoms with Gasteiger partial charge in [-0.25, -0.2) is 18.1 Å². The molecule has 1 heterocycles. The van der Waals surface area contributed by atoms with E-state index in [1.165, 1.54) is 0 Å². The van der Waals surface area contributed by atoms with E-state index in [2.05, 4.69) is 39.3 Å².